The zero-order valence-corrected chi connectivity index (χ0v) is 19.2. The Kier molecular flexibility index (Phi) is 6.09. The maximum atomic E-state index is 13.4. The van der Waals surface area contributed by atoms with Crippen molar-refractivity contribution in [3.05, 3.63) is 59.9 Å². The molecule has 1 aliphatic rings. The summed E-state index contributed by atoms with van der Waals surface area (Å²) in [5, 5.41) is 0. The van der Waals surface area contributed by atoms with Gasteiger partial charge in [-0.25, -0.2) is 14.2 Å². The molecular formula is C25H31FN4O2. The van der Waals surface area contributed by atoms with Gasteiger partial charge in [0.2, 0.25) is 5.95 Å². The SMILES string of the molecule is CN(C(=O)OC(C)(C)C)[C@H]1CCCN(c2nc3ccccc3n2Cc2ccc(F)cc2)C1. The zero-order chi connectivity index (χ0) is 22.9. The molecule has 0 unspecified atom stereocenters. The molecular weight excluding hydrogens is 407 g/mol. The summed E-state index contributed by atoms with van der Waals surface area (Å²) in [7, 11) is 1.81. The van der Waals surface area contributed by atoms with E-state index in [9.17, 15) is 9.18 Å². The molecule has 1 aromatic heterocycles. The summed E-state index contributed by atoms with van der Waals surface area (Å²) in [6.07, 6.45) is 1.58. The van der Waals surface area contributed by atoms with E-state index in [0.717, 1.165) is 41.9 Å². The predicted molar refractivity (Wildman–Crippen MR) is 124 cm³/mol. The lowest BCUT2D eigenvalue weighted by molar-refractivity contribution is 0.0209. The molecule has 6 nitrogen and oxygen atoms in total. The van der Waals surface area contributed by atoms with Gasteiger partial charge in [0.15, 0.2) is 0 Å². The fourth-order valence-corrected chi connectivity index (χ4v) is 4.17. The van der Waals surface area contributed by atoms with Crippen molar-refractivity contribution in [2.75, 3.05) is 25.0 Å². The molecule has 1 atom stereocenters. The summed E-state index contributed by atoms with van der Waals surface area (Å²) >= 11 is 0. The van der Waals surface area contributed by atoms with E-state index in [1.807, 2.05) is 58.2 Å². The van der Waals surface area contributed by atoms with Crippen LogP contribution in [0.25, 0.3) is 11.0 Å². The first-order valence-corrected chi connectivity index (χ1v) is 11.1. The lowest BCUT2D eigenvalue weighted by Crippen LogP contribution is -2.50. The monoisotopic (exact) mass is 438 g/mol. The number of imidazole rings is 1. The van der Waals surface area contributed by atoms with Crippen LogP contribution in [0.2, 0.25) is 0 Å². The highest BCUT2D eigenvalue weighted by Gasteiger charge is 2.31. The zero-order valence-electron chi connectivity index (χ0n) is 19.2. The van der Waals surface area contributed by atoms with Crippen LogP contribution in [0.15, 0.2) is 48.5 Å². The number of nitrogens with zero attached hydrogens (tertiary/aromatic N) is 4. The lowest BCUT2D eigenvalue weighted by Gasteiger charge is -2.38. The number of carbonyl (C=O) groups excluding carboxylic acids is 1. The maximum Gasteiger partial charge on any atom is 0.410 e. The average Bonchev–Trinajstić information content (AvgIpc) is 3.12. The number of para-hydroxylation sites is 2. The summed E-state index contributed by atoms with van der Waals surface area (Å²) in [6, 6.07) is 14.7. The quantitative estimate of drug-likeness (QED) is 0.571. The third-order valence-electron chi connectivity index (χ3n) is 5.80. The van der Waals surface area contributed by atoms with E-state index in [1.165, 1.54) is 12.1 Å². The molecule has 2 aromatic carbocycles. The third-order valence-corrected chi connectivity index (χ3v) is 5.80. The lowest BCUT2D eigenvalue weighted by atomic mass is 10.1. The Morgan fingerprint density at radius 2 is 1.91 bits per heavy atom. The minimum absolute atomic E-state index is 0.0395. The minimum atomic E-state index is -0.525. The Morgan fingerprint density at radius 1 is 1.19 bits per heavy atom. The molecule has 0 spiro atoms. The van der Waals surface area contributed by atoms with Gasteiger partial charge in [-0.2, -0.15) is 0 Å². The van der Waals surface area contributed by atoms with Gasteiger partial charge in [0, 0.05) is 20.1 Å². The first-order chi connectivity index (χ1) is 15.2. The van der Waals surface area contributed by atoms with E-state index in [4.69, 9.17) is 9.72 Å². The van der Waals surface area contributed by atoms with E-state index in [2.05, 4.69) is 15.5 Å². The molecule has 0 saturated carbocycles. The fraction of sp³-hybridized carbons (Fsp3) is 0.440. The maximum absolute atomic E-state index is 13.4. The number of hydrogen-bond acceptors (Lipinski definition) is 4. The Hall–Kier alpha value is -3.09. The minimum Gasteiger partial charge on any atom is -0.444 e. The molecule has 0 aliphatic carbocycles. The van der Waals surface area contributed by atoms with Crippen LogP contribution >= 0.6 is 0 Å². The van der Waals surface area contributed by atoms with Gasteiger partial charge in [-0.05, 0) is 63.4 Å². The van der Waals surface area contributed by atoms with Gasteiger partial charge >= 0.3 is 6.09 Å². The van der Waals surface area contributed by atoms with Crippen LogP contribution in [0, 0.1) is 5.82 Å². The fourth-order valence-electron chi connectivity index (χ4n) is 4.17. The normalized spacial score (nSPS) is 16.9. The summed E-state index contributed by atoms with van der Waals surface area (Å²) in [5.74, 6) is 0.631. The highest BCUT2D eigenvalue weighted by atomic mass is 19.1. The summed E-state index contributed by atoms with van der Waals surface area (Å²) in [5.41, 5.74) is 2.44. The second-order valence-electron chi connectivity index (χ2n) is 9.45. The molecule has 2 heterocycles. The number of aromatic nitrogens is 2. The molecule has 0 radical (unpaired) electrons. The van der Waals surface area contributed by atoms with E-state index >= 15 is 0 Å². The number of anilines is 1. The van der Waals surface area contributed by atoms with E-state index in [-0.39, 0.29) is 18.0 Å². The number of benzene rings is 2. The van der Waals surface area contributed by atoms with Crippen LogP contribution in [-0.2, 0) is 11.3 Å². The number of amides is 1. The molecule has 1 fully saturated rings. The average molecular weight is 439 g/mol. The molecule has 1 aliphatic heterocycles. The number of piperidine rings is 1. The van der Waals surface area contributed by atoms with Crippen molar-refractivity contribution in [1.82, 2.24) is 14.5 Å². The predicted octanol–water partition coefficient (Wildman–Crippen LogP) is 5.06. The molecule has 1 amide bonds. The van der Waals surface area contributed by atoms with Crippen LogP contribution in [0.4, 0.5) is 15.1 Å². The Bertz CT molecular complexity index is 1090. The summed E-state index contributed by atoms with van der Waals surface area (Å²) in [6.45, 7) is 7.78. The number of halogens is 1. The Balaban J connectivity index is 1.61. The van der Waals surface area contributed by atoms with Crippen LogP contribution in [-0.4, -0.2) is 52.3 Å². The van der Waals surface area contributed by atoms with Gasteiger partial charge in [-0.3, -0.25) is 0 Å². The van der Waals surface area contributed by atoms with Crippen molar-refractivity contribution in [3.63, 3.8) is 0 Å². The molecule has 0 bridgehead atoms. The van der Waals surface area contributed by atoms with Crippen LogP contribution in [0.5, 0.6) is 0 Å². The second kappa shape index (κ2) is 8.81. The van der Waals surface area contributed by atoms with Crippen molar-refractivity contribution >= 4 is 23.1 Å². The molecule has 0 N–H and O–H groups in total. The van der Waals surface area contributed by atoms with Crippen LogP contribution in [0.3, 0.4) is 0 Å². The van der Waals surface area contributed by atoms with Crippen LogP contribution < -0.4 is 4.90 Å². The first kappa shape index (κ1) is 22.1. The van der Waals surface area contributed by atoms with Gasteiger partial charge in [0.25, 0.3) is 0 Å². The first-order valence-electron chi connectivity index (χ1n) is 11.1. The molecule has 3 aromatic rings. The van der Waals surface area contributed by atoms with Crippen molar-refractivity contribution in [2.45, 2.75) is 51.8 Å². The van der Waals surface area contributed by atoms with Gasteiger partial charge in [0.05, 0.1) is 23.6 Å². The molecule has 32 heavy (non-hydrogen) atoms. The number of ether oxygens (including phenoxy) is 1. The van der Waals surface area contributed by atoms with Gasteiger partial charge < -0.3 is 19.1 Å². The van der Waals surface area contributed by atoms with Gasteiger partial charge in [0.1, 0.15) is 11.4 Å². The third kappa shape index (κ3) is 4.87. The van der Waals surface area contributed by atoms with Crippen molar-refractivity contribution in [2.24, 2.45) is 0 Å². The highest BCUT2D eigenvalue weighted by Crippen LogP contribution is 2.28. The summed E-state index contributed by atoms with van der Waals surface area (Å²) in [4.78, 5) is 21.5. The number of rotatable bonds is 4. The number of likely N-dealkylation sites (N-methyl/N-ethyl adjacent to an activating group) is 1. The molecule has 1 saturated heterocycles. The molecule has 4 rings (SSSR count). The van der Waals surface area contributed by atoms with Gasteiger partial charge in [-0.15, -0.1) is 0 Å². The van der Waals surface area contributed by atoms with Crippen molar-refractivity contribution in [1.29, 1.82) is 0 Å². The standard InChI is InChI=1S/C25H31FN4O2/c1-25(2,3)32-24(31)28(4)20-8-7-15-29(17-20)23-27-21-9-5-6-10-22(21)30(23)16-18-11-13-19(26)14-12-18/h5-6,9-14,20H,7-8,15-17H2,1-4H3/t20-/m0/s1. The number of fused-ring (bicyclic) bond motifs is 1. The largest absolute Gasteiger partial charge is 0.444 e. The van der Waals surface area contributed by atoms with E-state index in [1.54, 1.807) is 4.90 Å². The Morgan fingerprint density at radius 3 is 2.62 bits per heavy atom. The topological polar surface area (TPSA) is 50.6 Å². The van der Waals surface area contributed by atoms with Crippen LogP contribution in [0.1, 0.15) is 39.2 Å². The van der Waals surface area contributed by atoms with Gasteiger partial charge in [-0.1, -0.05) is 24.3 Å². The molecule has 170 valence electrons. The number of hydrogen-bond donors (Lipinski definition) is 0. The highest BCUT2D eigenvalue weighted by molar-refractivity contribution is 5.79. The van der Waals surface area contributed by atoms with Crippen molar-refractivity contribution in [3.8, 4) is 0 Å². The summed E-state index contributed by atoms with van der Waals surface area (Å²) < 4.78 is 21.2. The van der Waals surface area contributed by atoms with E-state index in [0.29, 0.717) is 13.1 Å². The van der Waals surface area contributed by atoms with Crippen molar-refractivity contribution < 1.29 is 13.9 Å². The molecule has 7 heteroatoms. The Labute approximate surface area is 188 Å². The smallest absolute Gasteiger partial charge is 0.410 e. The van der Waals surface area contributed by atoms with E-state index < -0.39 is 5.60 Å². The number of carbonyl (C=O) groups is 1. The second-order valence-corrected chi connectivity index (χ2v) is 9.45.